The number of likely N-dealkylation sites (N-methyl/N-ethyl adjacent to an activating group) is 1. The molecule has 0 amide bonds. The van der Waals surface area contributed by atoms with Crippen LogP contribution in [-0.2, 0) is 5.54 Å². The van der Waals surface area contributed by atoms with E-state index in [9.17, 15) is 0 Å². The molecule has 2 N–H and O–H groups in total. The number of nitrogens with zero attached hydrogens (tertiary/aromatic N) is 2. The first-order valence-corrected chi connectivity index (χ1v) is 5.15. The predicted octanol–water partition coefficient (Wildman–Crippen LogP) is 1.47. The van der Waals surface area contributed by atoms with Crippen molar-refractivity contribution in [3.05, 3.63) is 35.4 Å². The zero-order valence-electron chi connectivity index (χ0n) is 9.49. The molecule has 0 saturated carbocycles. The monoisotopic (exact) mass is 203 g/mol. The van der Waals surface area contributed by atoms with Gasteiger partial charge in [-0.15, -0.1) is 0 Å². The predicted molar refractivity (Wildman–Crippen MR) is 62.8 cm³/mol. The zero-order valence-corrected chi connectivity index (χ0v) is 9.49. The first-order chi connectivity index (χ1) is 7.05. The first-order valence-electron chi connectivity index (χ1n) is 5.15. The molecular weight excluding hydrogens is 186 g/mol. The maximum absolute atomic E-state index is 5.82. The van der Waals surface area contributed by atoms with Crippen LogP contribution in [0.25, 0.3) is 0 Å². The summed E-state index contributed by atoms with van der Waals surface area (Å²) in [5, 5.41) is 0. The molecule has 0 aliphatic carbocycles. The van der Waals surface area contributed by atoms with Gasteiger partial charge in [0.05, 0.1) is 12.1 Å². The molecule has 2 rings (SSSR count). The Morgan fingerprint density at radius 2 is 2.07 bits per heavy atom. The van der Waals surface area contributed by atoms with Crippen molar-refractivity contribution >= 4 is 5.96 Å². The molecule has 1 aliphatic rings. The molecule has 3 heteroatoms. The Bertz CT molecular complexity index is 411. The lowest BCUT2D eigenvalue weighted by Crippen LogP contribution is -2.44. The molecule has 15 heavy (non-hydrogen) atoms. The average Bonchev–Trinajstić information content (AvgIpc) is 2.48. The van der Waals surface area contributed by atoms with Crippen LogP contribution >= 0.6 is 0 Å². The molecule has 1 aromatic carbocycles. The van der Waals surface area contributed by atoms with E-state index in [-0.39, 0.29) is 5.54 Å². The lowest BCUT2D eigenvalue weighted by Gasteiger charge is -2.34. The second-order valence-electron chi connectivity index (χ2n) is 4.32. The number of hydrogen-bond acceptors (Lipinski definition) is 3. The van der Waals surface area contributed by atoms with Crippen molar-refractivity contribution in [3.63, 3.8) is 0 Å². The van der Waals surface area contributed by atoms with E-state index in [4.69, 9.17) is 5.73 Å². The molecule has 0 bridgehead atoms. The number of guanidine groups is 1. The van der Waals surface area contributed by atoms with Gasteiger partial charge in [-0.25, -0.2) is 0 Å². The topological polar surface area (TPSA) is 41.6 Å². The number of benzene rings is 1. The molecule has 1 unspecified atom stereocenters. The third-order valence-corrected chi connectivity index (χ3v) is 3.36. The first kappa shape index (κ1) is 10.0. The highest BCUT2D eigenvalue weighted by atomic mass is 15.3. The number of aryl methyl sites for hydroxylation is 1. The zero-order chi connectivity index (χ0) is 11.1. The minimum atomic E-state index is -0.0879. The van der Waals surface area contributed by atoms with Gasteiger partial charge >= 0.3 is 0 Å². The molecule has 3 nitrogen and oxygen atoms in total. The van der Waals surface area contributed by atoms with Crippen LogP contribution in [0.5, 0.6) is 0 Å². The van der Waals surface area contributed by atoms with Crippen LogP contribution in [0.1, 0.15) is 18.1 Å². The van der Waals surface area contributed by atoms with Crippen molar-refractivity contribution in [2.45, 2.75) is 19.4 Å². The van der Waals surface area contributed by atoms with Gasteiger partial charge in [-0.1, -0.05) is 24.3 Å². The van der Waals surface area contributed by atoms with Crippen molar-refractivity contribution in [1.82, 2.24) is 4.90 Å². The number of rotatable bonds is 1. The Balaban J connectivity index is 2.44. The summed E-state index contributed by atoms with van der Waals surface area (Å²) < 4.78 is 0. The standard InChI is InChI=1S/C12H17N3/c1-9-6-4-5-7-10(9)12(2)8-14-11(13)15(12)3/h4-7H,8H2,1-3H3,(H2,13,14). The summed E-state index contributed by atoms with van der Waals surface area (Å²) in [6, 6.07) is 8.40. The maximum atomic E-state index is 5.82. The van der Waals surface area contributed by atoms with Crippen LogP contribution in [0.2, 0.25) is 0 Å². The molecule has 0 spiro atoms. The molecule has 80 valence electrons. The van der Waals surface area contributed by atoms with Gasteiger partial charge in [0, 0.05) is 7.05 Å². The second kappa shape index (κ2) is 3.26. The number of nitrogens with two attached hydrogens (primary N) is 1. The summed E-state index contributed by atoms with van der Waals surface area (Å²) in [5.41, 5.74) is 8.32. The van der Waals surface area contributed by atoms with Crippen molar-refractivity contribution in [2.75, 3.05) is 13.6 Å². The summed E-state index contributed by atoms with van der Waals surface area (Å²) in [5.74, 6) is 0.626. The van der Waals surface area contributed by atoms with Gasteiger partial charge in [0.25, 0.3) is 0 Å². The Kier molecular flexibility index (Phi) is 2.18. The number of aliphatic imine (C=N–C) groups is 1. The van der Waals surface area contributed by atoms with Crippen LogP contribution in [0, 0.1) is 6.92 Å². The summed E-state index contributed by atoms with van der Waals surface area (Å²) in [7, 11) is 2.00. The third-order valence-electron chi connectivity index (χ3n) is 3.36. The van der Waals surface area contributed by atoms with Crippen LogP contribution in [0.4, 0.5) is 0 Å². The summed E-state index contributed by atoms with van der Waals surface area (Å²) in [4.78, 5) is 6.36. The minimum Gasteiger partial charge on any atom is -0.370 e. The molecule has 1 aromatic rings. The van der Waals surface area contributed by atoms with E-state index in [1.807, 2.05) is 7.05 Å². The maximum Gasteiger partial charge on any atom is 0.191 e. The van der Waals surface area contributed by atoms with Crippen molar-refractivity contribution < 1.29 is 0 Å². The minimum absolute atomic E-state index is 0.0879. The Morgan fingerprint density at radius 1 is 1.40 bits per heavy atom. The van der Waals surface area contributed by atoms with Crippen LogP contribution < -0.4 is 5.73 Å². The van der Waals surface area contributed by atoms with Crippen LogP contribution in [-0.4, -0.2) is 24.5 Å². The Hall–Kier alpha value is -1.51. The van der Waals surface area contributed by atoms with E-state index in [0.717, 1.165) is 6.54 Å². The highest BCUT2D eigenvalue weighted by Gasteiger charge is 2.37. The quantitative estimate of drug-likeness (QED) is 0.751. The van der Waals surface area contributed by atoms with E-state index in [1.165, 1.54) is 11.1 Å². The second-order valence-corrected chi connectivity index (χ2v) is 4.32. The van der Waals surface area contributed by atoms with E-state index in [0.29, 0.717) is 5.96 Å². The van der Waals surface area contributed by atoms with E-state index >= 15 is 0 Å². The summed E-state index contributed by atoms with van der Waals surface area (Å²) in [6.45, 7) is 5.04. The smallest absolute Gasteiger partial charge is 0.191 e. The normalized spacial score (nSPS) is 25.5. The van der Waals surface area contributed by atoms with Gasteiger partial charge in [-0.2, -0.15) is 0 Å². The summed E-state index contributed by atoms with van der Waals surface area (Å²) in [6.07, 6.45) is 0. The molecule has 1 atom stereocenters. The highest BCUT2D eigenvalue weighted by Crippen LogP contribution is 2.32. The average molecular weight is 203 g/mol. The van der Waals surface area contributed by atoms with E-state index in [1.54, 1.807) is 0 Å². The van der Waals surface area contributed by atoms with Gasteiger partial charge in [0.15, 0.2) is 5.96 Å². The SMILES string of the molecule is Cc1ccccc1C1(C)CN=C(N)N1C. The van der Waals surface area contributed by atoms with Crippen molar-refractivity contribution in [2.24, 2.45) is 10.7 Å². The fourth-order valence-corrected chi connectivity index (χ4v) is 2.14. The largest absolute Gasteiger partial charge is 0.370 e. The van der Waals surface area contributed by atoms with E-state index < -0.39 is 0 Å². The number of hydrogen-bond donors (Lipinski definition) is 1. The lowest BCUT2D eigenvalue weighted by molar-refractivity contribution is 0.266. The van der Waals surface area contributed by atoms with Crippen molar-refractivity contribution in [1.29, 1.82) is 0 Å². The van der Waals surface area contributed by atoms with Gasteiger partial charge in [0.2, 0.25) is 0 Å². The fraction of sp³-hybridized carbons (Fsp3) is 0.417. The Morgan fingerprint density at radius 3 is 2.60 bits per heavy atom. The summed E-state index contributed by atoms with van der Waals surface area (Å²) >= 11 is 0. The lowest BCUT2D eigenvalue weighted by atomic mass is 9.88. The molecule has 0 radical (unpaired) electrons. The van der Waals surface area contributed by atoms with Crippen LogP contribution in [0.3, 0.4) is 0 Å². The molecule has 1 aliphatic heterocycles. The molecule has 0 fully saturated rings. The van der Waals surface area contributed by atoms with Gasteiger partial charge in [-0.3, -0.25) is 4.99 Å². The van der Waals surface area contributed by atoms with Gasteiger partial charge in [0.1, 0.15) is 0 Å². The Labute approximate surface area is 90.6 Å². The molecule has 0 saturated heterocycles. The van der Waals surface area contributed by atoms with Crippen molar-refractivity contribution in [3.8, 4) is 0 Å². The van der Waals surface area contributed by atoms with Gasteiger partial charge < -0.3 is 10.6 Å². The molecule has 1 heterocycles. The fourth-order valence-electron chi connectivity index (χ4n) is 2.14. The molecule has 0 aromatic heterocycles. The van der Waals surface area contributed by atoms with Crippen LogP contribution in [0.15, 0.2) is 29.3 Å². The van der Waals surface area contributed by atoms with Gasteiger partial charge in [-0.05, 0) is 25.0 Å². The third kappa shape index (κ3) is 1.39. The molecular formula is C12H17N3. The van der Waals surface area contributed by atoms with E-state index in [2.05, 4.69) is 48.0 Å². The highest BCUT2D eigenvalue weighted by molar-refractivity contribution is 5.81.